The third-order valence-electron chi connectivity index (χ3n) is 6.73. The van der Waals surface area contributed by atoms with Crippen molar-refractivity contribution in [2.24, 2.45) is 0 Å². The molecule has 0 aliphatic carbocycles. The van der Waals surface area contributed by atoms with E-state index in [0.717, 1.165) is 49.4 Å². The van der Waals surface area contributed by atoms with Gasteiger partial charge in [0.25, 0.3) is 5.91 Å². The summed E-state index contributed by atoms with van der Waals surface area (Å²) in [5.74, 6) is -0.754. The van der Waals surface area contributed by atoms with E-state index in [4.69, 9.17) is 5.73 Å². The number of fused-ring (bicyclic) bond motifs is 1. The predicted molar refractivity (Wildman–Crippen MR) is 132 cm³/mol. The highest BCUT2D eigenvalue weighted by molar-refractivity contribution is 5.97. The molecule has 34 heavy (non-hydrogen) atoms. The van der Waals surface area contributed by atoms with Crippen LogP contribution in [0.1, 0.15) is 29.8 Å². The Kier molecular flexibility index (Phi) is 5.91. The molecule has 1 fully saturated rings. The predicted octanol–water partition coefficient (Wildman–Crippen LogP) is 3.35. The number of nitrogens with one attached hydrogen (secondary N) is 1. The maximum atomic E-state index is 14.8. The van der Waals surface area contributed by atoms with Gasteiger partial charge in [-0.3, -0.25) is 9.69 Å². The number of carbonyl (C=O) groups is 1. The minimum absolute atomic E-state index is 0.0288. The van der Waals surface area contributed by atoms with Gasteiger partial charge in [0.15, 0.2) is 5.82 Å². The molecule has 0 atom stereocenters. The molecule has 3 aromatic rings. The van der Waals surface area contributed by atoms with Crippen LogP contribution in [0, 0.1) is 5.95 Å². The second kappa shape index (κ2) is 9.02. The lowest BCUT2D eigenvalue weighted by atomic mass is 9.96. The highest BCUT2D eigenvalue weighted by atomic mass is 19.1. The van der Waals surface area contributed by atoms with Crippen LogP contribution in [0.5, 0.6) is 0 Å². The summed E-state index contributed by atoms with van der Waals surface area (Å²) in [5.41, 5.74) is 10.7. The minimum atomic E-state index is -0.697. The maximum absolute atomic E-state index is 14.8. The average molecular weight is 461 g/mol. The van der Waals surface area contributed by atoms with Gasteiger partial charge in [-0.25, -0.2) is 4.98 Å². The van der Waals surface area contributed by atoms with E-state index in [1.807, 2.05) is 30.3 Å². The number of nitrogens with zero attached hydrogens (tertiary/aromatic N) is 4. The zero-order valence-corrected chi connectivity index (χ0v) is 19.5. The first kappa shape index (κ1) is 22.3. The van der Waals surface area contributed by atoms with Gasteiger partial charge in [0.1, 0.15) is 11.4 Å². The van der Waals surface area contributed by atoms with Crippen molar-refractivity contribution < 1.29 is 9.18 Å². The largest absolute Gasteiger partial charge is 0.382 e. The SMILES string of the molecule is CC(C)N1CCN(c2ccc(-c3nc(-c4ccc5c(c4)CCNC5=O)c(N)nc3F)cc2)CC1. The number of halogens is 1. The van der Waals surface area contributed by atoms with E-state index in [0.29, 0.717) is 29.4 Å². The Hall–Kier alpha value is -3.52. The Labute approximate surface area is 198 Å². The molecule has 3 N–H and O–H groups in total. The zero-order valence-electron chi connectivity index (χ0n) is 19.5. The fourth-order valence-electron chi connectivity index (χ4n) is 4.72. The standard InChI is InChI=1S/C26H29FN6O/c1-16(2)32-11-13-33(14-12-32)20-6-3-17(4-7-20)22-24(27)31-25(28)23(30-22)19-5-8-21-18(15-19)9-10-29-26(21)34/h3-8,15-16H,9-14H2,1-2H3,(H2,28,31)(H,29,34). The van der Waals surface area contributed by atoms with E-state index in [2.05, 4.69) is 38.9 Å². The Morgan fingerprint density at radius 1 is 0.971 bits per heavy atom. The van der Waals surface area contributed by atoms with Gasteiger partial charge in [0, 0.05) is 61.1 Å². The first-order chi connectivity index (χ1) is 16.4. The molecule has 2 aliphatic rings. The van der Waals surface area contributed by atoms with E-state index in [1.165, 1.54) is 0 Å². The van der Waals surface area contributed by atoms with Crippen molar-refractivity contribution in [2.75, 3.05) is 43.4 Å². The fourth-order valence-corrected chi connectivity index (χ4v) is 4.72. The number of aromatic nitrogens is 2. The number of anilines is 2. The topological polar surface area (TPSA) is 87.4 Å². The molecule has 7 nitrogen and oxygen atoms in total. The lowest BCUT2D eigenvalue weighted by molar-refractivity contribution is 0.0946. The number of piperazine rings is 1. The molecule has 1 saturated heterocycles. The molecule has 1 amide bonds. The molecule has 0 radical (unpaired) electrons. The van der Waals surface area contributed by atoms with Gasteiger partial charge in [0.05, 0.1) is 0 Å². The summed E-state index contributed by atoms with van der Waals surface area (Å²) in [7, 11) is 0. The molecule has 8 heteroatoms. The van der Waals surface area contributed by atoms with Crippen LogP contribution in [0.2, 0.25) is 0 Å². The van der Waals surface area contributed by atoms with Gasteiger partial charge in [-0.15, -0.1) is 0 Å². The summed E-state index contributed by atoms with van der Waals surface area (Å²) < 4.78 is 14.8. The molecule has 2 aliphatic heterocycles. The Morgan fingerprint density at radius 2 is 1.68 bits per heavy atom. The summed E-state index contributed by atoms with van der Waals surface area (Å²) in [4.78, 5) is 25.4. The molecule has 176 valence electrons. The fraction of sp³-hybridized carbons (Fsp3) is 0.346. The number of rotatable bonds is 4. The quantitative estimate of drug-likeness (QED) is 0.621. The molecular formula is C26H29FN6O. The zero-order chi connectivity index (χ0) is 23.8. The van der Waals surface area contributed by atoms with Crippen molar-refractivity contribution in [1.82, 2.24) is 20.2 Å². The van der Waals surface area contributed by atoms with Crippen molar-refractivity contribution in [3.63, 3.8) is 0 Å². The number of carbonyl (C=O) groups excluding carboxylic acids is 1. The third kappa shape index (κ3) is 4.21. The molecule has 0 saturated carbocycles. The van der Waals surface area contributed by atoms with Gasteiger partial charge in [-0.1, -0.05) is 18.2 Å². The highest BCUT2D eigenvalue weighted by Crippen LogP contribution is 2.31. The number of amides is 1. The van der Waals surface area contributed by atoms with E-state index in [1.54, 1.807) is 12.1 Å². The summed E-state index contributed by atoms with van der Waals surface area (Å²) in [6.45, 7) is 9.03. The van der Waals surface area contributed by atoms with Crippen LogP contribution in [0.15, 0.2) is 42.5 Å². The average Bonchev–Trinajstić information content (AvgIpc) is 2.84. The number of hydrogen-bond acceptors (Lipinski definition) is 6. The summed E-state index contributed by atoms with van der Waals surface area (Å²) >= 11 is 0. The van der Waals surface area contributed by atoms with Crippen molar-refractivity contribution in [3.05, 3.63) is 59.5 Å². The van der Waals surface area contributed by atoms with Gasteiger partial charge in [-0.05, 0) is 50.1 Å². The monoisotopic (exact) mass is 460 g/mol. The molecule has 3 heterocycles. The number of nitrogen functional groups attached to an aromatic ring is 1. The summed E-state index contributed by atoms with van der Waals surface area (Å²) in [6.07, 6.45) is 0.725. The van der Waals surface area contributed by atoms with Crippen LogP contribution < -0.4 is 16.0 Å². The Balaban J connectivity index is 1.42. The second-order valence-electron chi connectivity index (χ2n) is 9.14. The van der Waals surface area contributed by atoms with E-state index < -0.39 is 5.95 Å². The first-order valence-electron chi connectivity index (χ1n) is 11.7. The normalized spacial score (nSPS) is 16.5. The van der Waals surface area contributed by atoms with E-state index in [9.17, 15) is 9.18 Å². The maximum Gasteiger partial charge on any atom is 0.251 e. The van der Waals surface area contributed by atoms with Crippen molar-refractivity contribution in [3.8, 4) is 22.5 Å². The van der Waals surface area contributed by atoms with Crippen LogP contribution >= 0.6 is 0 Å². The van der Waals surface area contributed by atoms with E-state index in [-0.39, 0.29) is 17.4 Å². The van der Waals surface area contributed by atoms with Gasteiger partial charge >= 0.3 is 0 Å². The van der Waals surface area contributed by atoms with Gasteiger partial charge in [-0.2, -0.15) is 9.37 Å². The second-order valence-corrected chi connectivity index (χ2v) is 9.14. The Morgan fingerprint density at radius 3 is 2.38 bits per heavy atom. The molecule has 0 unspecified atom stereocenters. The van der Waals surface area contributed by atoms with Crippen LogP contribution in [0.3, 0.4) is 0 Å². The van der Waals surface area contributed by atoms with E-state index >= 15 is 0 Å². The lowest BCUT2D eigenvalue weighted by Crippen LogP contribution is -2.48. The smallest absolute Gasteiger partial charge is 0.251 e. The van der Waals surface area contributed by atoms with Crippen LogP contribution in [0.4, 0.5) is 15.9 Å². The molecule has 1 aromatic heterocycles. The molecule has 0 bridgehead atoms. The molecule has 2 aromatic carbocycles. The summed E-state index contributed by atoms with van der Waals surface area (Å²) in [6, 6.07) is 13.8. The molecule has 0 spiro atoms. The third-order valence-corrected chi connectivity index (χ3v) is 6.73. The lowest BCUT2D eigenvalue weighted by Gasteiger charge is -2.38. The van der Waals surface area contributed by atoms with Crippen molar-refractivity contribution in [1.29, 1.82) is 0 Å². The number of nitrogens with two attached hydrogens (primary N) is 1. The molecular weight excluding hydrogens is 431 g/mol. The number of hydrogen-bond donors (Lipinski definition) is 2. The van der Waals surface area contributed by atoms with Crippen LogP contribution in [-0.2, 0) is 6.42 Å². The summed E-state index contributed by atoms with van der Waals surface area (Å²) in [5, 5.41) is 2.84. The van der Waals surface area contributed by atoms with Gasteiger partial charge < -0.3 is 16.0 Å². The number of benzene rings is 2. The van der Waals surface area contributed by atoms with Gasteiger partial charge in [0.2, 0.25) is 5.95 Å². The van der Waals surface area contributed by atoms with Crippen LogP contribution in [0.25, 0.3) is 22.5 Å². The van der Waals surface area contributed by atoms with Crippen LogP contribution in [-0.4, -0.2) is 59.5 Å². The minimum Gasteiger partial charge on any atom is -0.382 e. The Bertz CT molecular complexity index is 1220. The first-order valence-corrected chi connectivity index (χ1v) is 11.7. The van der Waals surface area contributed by atoms with Crippen molar-refractivity contribution >= 4 is 17.4 Å². The molecule has 5 rings (SSSR count). The highest BCUT2D eigenvalue weighted by Gasteiger charge is 2.21. The van der Waals surface area contributed by atoms with Crippen molar-refractivity contribution in [2.45, 2.75) is 26.3 Å².